The molecule has 0 aliphatic heterocycles. The van der Waals surface area contributed by atoms with Crippen molar-refractivity contribution in [2.45, 2.75) is 39.7 Å². The Labute approximate surface area is 87.3 Å². The molecule has 0 saturated heterocycles. The molecule has 0 bridgehead atoms. The normalized spacial score (nSPS) is 13.6. The van der Waals surface area contributed by atoms with Gasteiger partial charge in [-0.1, -0.05) is 45.9 Å². The fourth-order valence-electron chi connectivity index (χ4n) is 1.53. The van der Waals surface area contributed by atoms with Gasteiger partial charge in [0.2, 0.25) is 0 Å². The number of quaternary nitrogens is 1. The molecule has 0 unspecified atom stereocenters. The summed E-state index contributed by atoms with van der Waals surface area (Å²) in [7, 11) is 0. The topological polar surface area (TPSA) is 27.6 Å². The van der Waals surface area contributed by atoms with E-state index in [1.807, 2.05) is 0 Å². The zero-order valence-electron chi connectivity index (χ0n) is 9.75. The first-order valence-electron chi connectivity index (χ1n) is 5.45. The molecule has 1 heteroatoms. The predicted molar refractivity (Wildman–Crippen MR) is 61.0 cm³/mol. The second-order valence-corrected chi connectivity index (χ2v) is 4.68. The predicted octanol–water partition coefficient (Wildman–Crippen LogP) is 2.75. The molecule has 78 valence electrons. The first-order valence-corrected chi connectivity index (χ1v) is 5.45. The molecule has 0 radical (unpaired) electrons. The van der Waals surface area contributed by atoms with Crippen LogP contribution in [0.1, 0.15) is 50.8 Å². The summed E-state index contributed by atoms with van der Waals surface area (Å²) in [5, 5.41) is 0. The summed E-state index contributed by atoms with van der Waals surface area (Å²) < 4.78 is 0. The summed E-state index contributed by atoms with van der Waals surface area (Å²) >= 11 is 0. The van der Waals surface area contributed by atoms with E-state index in [1.54, 1.807) is 0 Å². The van der Waals surface area contributed by atoms with Crippen molar-refractivity contribution in [1.29, 1.82) is 0 Å². The van der Waals surface area contributed by atoms with E-state index in [-0.39, 0.29) is 0 Å². The summed E-state index contributed by atoms with van der Waals surface area (Å²) in [5.41, 5.74) is 6.99. The van der Waals surface area contributed by atoms with Crippen molar-refractivity contribution < 1.29 is 5.73 Å². The second-order valence-electron chi connectivity index (χ2n) is 4.68. The molecular formula is C13H22N+. The second kappa shape index (κ2) is 4.61. The lowest BCUT2D eigenvalue weighted by atomic mass is 9.93. The first-order chi connectivity index (χ1) is 6.52. The summed E-state index contributed by atoms with van der Waals surface area (Å²) in [4.78, 5) is 0. The van der Waals surface area contributed by atoms with Crippen LogP contribution in [0.25, 0.3) is 0 Å². The van der Waals surface area contributed by atoms with Crippen molar-refractivity contribution in [3.05, 3.63) is 35.4 Å². The highest BCUT2D eigenvalue weighted by molar-refractivity contribution is 5.27. The number of hydrogen-bond acceptors (Lipinski definition) is 0. The van der Waals surface area contributed by atoms with Crippen molar-refractivity contribution in [1.82, 2.24) is 0 Å². The summed E-state index contributed by atoms with van der Waals surface area (Å²) in [6.45, 7) is 8.90. The molecule has 0 spiro atoms. The monoisotopic (exact) mass is 192 g/mol. The lowest BCUT2D eigenvalue weighted by molar-refractivity contribution is -0.438. The van der Waals surface area contributed by atoms with Gasteiger partial charge in [-0.3, -0.25) is 0 Å². The molecule has 3 N–H and O–H groups in total. The van der Waals surface area contributed by atoms with E-state index in [9.17, 15) is 0 Å². The quantitative estimate of drug-likeness (QED) is 0.762. The fraction of sp³-hybridized carbons (Fsp3) is 0.538. The van der Waals surface area contributed by atoms with Crippen molar-refractivity contribution in [2.75, 3.05) is 0 Å². The van der Waals surface area contributed by atoms with E-state index in [1.165, 1.54) is 11.1 Å². The van der Waals surface area contributed by atoms with Gasteiger partial charge >= 0.3 is 0 Å². The number of hydrogen-bond donors (Lipinski definition) is 1. The third-order valence-corrected chi connectivity index (χ3v) is 2.81. The molecule has 1 aromatic carbocycles. The minimum Gasteiger partial charge on any atom is -0.351 e. The van der Waals surface area contributed by atoms with E-state index in [2.05, 4.69) is 57.7 Å². The molecule has 1 aromatic rings. The molecule has 1 nitrogen and oxygen atoms in total. The molecule has 0 fully saturated rings. The zero-order chi connectivity index (χ0) is 10.7. The smallest absolute Gasteiger partial charge is 0.112 e. The van der Waals surface area contributed by atoms with Gasteiger partial charge in [0.15, 0.2) is 0 Å². The Bertz CT molecular complexity index is 289. The minimum absolute atomic E-state index is 0.411. The maximum absolute atomic E-state index is 4.21. The molecule has 14 heavy (non-hydrogen) atoms. The van der Waals surface area contributed by atoms with E-state index >= 15 is 0 Å². The van der Waals surface area contributed by atoms with Gasteiger partial charge in [0.25, 0.3) is 0 Å². The van der Waals surface area contributed by atoms with Crippen LogP contribution in [0, 0.1) is 5.92 Å². The average molecular weight is 192 g/mol. The maximum atomic E-state index is 4.21. The van der Waals surface area contributed by atoms with Gasteiger partial charge in [-0.05, 0) is 17.5 Å². The van der Waals surface area contributed by atoms with E-state index in [0.717, 1.165) is 0 Å². The summed E-state index contributed by atoms with van der Waals surface area (Å²) in [6, 6.07) is 9.23. The Morgan fingerprint density at radius 3 is 2.07 bits per heavy atom. The van der Waals surface area contributed by atoms with Crippen LogP contribution in [0.15, 0.2) is 24.3 Å². The molecule has 0 saturated carbocycles. The van der Waals surface area contributed by atoms with Crippen molar-refractivity contribution >= 4 is 0 Å². The van der Waals surface area contributed by atoms with Gasteiger partial charge in [-0.2, -0.15) is 0 Å². The van der Waals surface area contributed by atoms with Gasteiger partial charge in [-0.15, -0.1) is 0 Å². The van der Waals surface area contributed by atoms with E-state index in [4.69, 9.17) is 0 Å². The van der Waals surface area contributed by atoms with Crippen LogP contribution in [0.4, 0.5) is 0 Å². The van der Waals surface area contributed by atoms with Crippen molar-refractivity contribution in [3.8, 4) is 0 Å². The van der Waals surface area contributed by atoms with Crippen LogP contribution in [0.2, 0.25) is 0 Å². The van der Waals surface area contributed by atoms with Gasteiger partial charge in [0.05, 0.1) is 0 Å². The molecule has 0 aromatic heterocycles. The molecule has 0 aliphatic carbocycles. The Morgan fingerprint density at radius 1 is 1.00 bits per heavy atom. The van der Waals surface area contributed by atoms with Crippen LogP contribution in [0.3, 0.4) is 0 Å². The zero-order valence-corrected chi connectivity index (χ0v) is 9.75. The Balaban J connectivity index is 2.93. The average Bonchev–Trinajstić information content (AvgIpc) is 2.16. The van der Waals surface area contributed by atoms with Gasteiger partial charge in [-0.25, -0.2) is 0 Å². The van der Waals surface area contributed by atoms with Gasteiger partial charge < -0.3 is 5.73 Å². The Kier molecular flexibility index (Phi) is 3.70. The summed E-state index contributed by atoms with van der Waals surface area (Å²) in [6.07, 6.45) is 0. The third-order valence-electron chi connectivity index (χ3n) is 2.81. The lowest BCUT2D eigenvalue weighted by Gasteiger charge is -2.14. The van der Waals surface area contributed by atoms with Crippen LogP contribution < -0.4 is 5.73 Å². The fourth-order valence-corrected chi connectivity index (χ4v) is 1.53. The molecule has 1 rings (SSSR count). The lowest BCUT2D eigenvalue weighted by Crippen LogP contribution is -2.55. The Hall–Kier alpha value is -0.820. The molecule has 0 heterocycles. The molecule has 1 atom stereocenters. The highest BCUT2D eigenvalue weighted by Crippen LogP contribution is 2.21. The van der Waals surface area contributed by atoms with Crippen LogP contribution in [0.5, 0.6) is 0 Å². The minimum atomic E-state index is 0.411. The van der Waals surface area contributed by atoms with Crippen LogP contribution >= 0.6 is 0 Å². The largest absolute Gasteiger partial charge is 0.351 e. The van der Waals surface area contributed by atoms with E-state index in [0.29, 0.717) is 17.9 Å². The first kappa shape index (κ1) is 11.3. The third kappa shape index (κ3) is 2.58. The van der Waals surface area contributed by atoms with Crippen LogP contribution in [-0.2, 0) is 0 Å². The number of rotatable bonds is 3. The summed E-state index contributed by atoms with van der Waals surface area (Å²) in [5.74, 6) is 1.21. The molecule has 0 amide bonds. The van der Waals surface area contributed by atoms with Crippen molar-refractivity contribution in [2.24, 2.45) is 5.92 Å². The van der Waals surface area contributed by atoms with Gasteiger partial charge in [0.1, 0.15) is 6.04 Å². The molecule has 0 aliphatic rings. The maximum Gasteiger partial charge on any atom is 0.112 e. The van der Waals surface area contributed by atoms with Crippen molar-refractivity contribution in [3.63, 3.8) is 0 Å². The van der Waals surface area contributed by atoms with Crippen LogP contribution in [-0.4, -0.2) is 0 Å². The Morgan fingerprint density at radius 2 is 1.57 bits per heavy atom. The standard InChI is InChI=1S/C13H21N/c1-9(2)11-6-5-7-12(8-11)13(14)10(3)4/h5-10,13H,14H2,1-4H3/p+1/t13-/m0/s1. The van der Waals surface area contributed by atoms with Gasteiger partial charge in [0, 0.05) is 11.5 Å². The van der Waals surface area contributed by atoms with E-state index < -0.39 is 0 Å². The highest BCUT2D eigenvalue weighted by Gasteiger charge is 2.14. The molecular weight excluding hydrogens is 170 g/mol. The SMILES string of the molecule is CC(C)c1cccc([C@@H]([NH3+])C(C)C)c1. The number of benzene rings is 1. The highest BCUT2D eigenvalue weighted by atomic mass is 14.6.